The monoisotopic (exact) mass is 354 g/mol. The molecule has 2 N–H and O–H groups in total. The molecule has 2 aliphatic heterocycles. The molecule has 7 nitrogen and oxygen atoms in total. The second kappa shape index (κ2) is 6.34. The summed E-state index contributed by atoms with van der Waals surface area (Å²) in [5, 5.41) is 11.2. The summed E-state index contributed by atoms with van der Waals surface area (Å²) < 4.78 is 16.4. The van der Waals surface area contributed by atoms with E-state index in [0.717, 1.165) is 28.2 Å². The molecular formula is C19H18N2O5. The topological polar surface area (TPSA) is 89.4 Å². The molecule has 1 atom stereocenters. The molecule has 1 amide bonds. The number of ether oxygens (including phenoxy) is 3. The van der Waals surface area contributed by atoms with Crippen molar-refractivity contribution >= 4 is 11.9 Å². The average Bonchev–Trinajstić information content (AvgIpc) is 3.09. The minimum absolute atomic E-state index is 0.156. The van der Waals surface area contributed by atoms with Gasteiger partial charge in [0.25, 0.3) is 0 Å². The molecule has 0 saturated carbocycles. The highest BCUT2D eigenvalue weighted by Gasteiger charge is 2.31. The first kappa shape index (κ1) is 16.4. The number of benzene rings is 2. The number of amidine groups is 1. The van der Waals surface area contributed by atoms with E-state index in [1.54, 1.807) is 0 Å². The van der Waals surface area contributed by atoms with E-state index in [4.69, 9.17) is 19.3 Å². The van der Waals surface area contributed by atoms with Gasteiger partial charge in [-0.1, -0.05) is 24.3 Å². The quantitative estimate of drug-likeness (QED) is 0.865. The van der Waals surface area contributed by atoms with Crippen LogP contribution >= 0.6 is 0 Å². The highest BCUT2D eigenvalue weighted by molar-refractivity contribution is 5.96. The maximum Gasteiger partial charge on any atom is 0.410 e. The number of carbonyl (C=O) groups is 1. The van der Waals surface area contributed by atoms with Crippen LogP contribution in [-0.4, -0.2) is 37.0 Å². The van der Waals surface area contributed by atoms with Crippen LogP contribution in [0.4, 0.5) is 4.79 Å². The van der Waals surface area contributed by atoms with Gasteiger partial charge in [-0.3, -0.25) is 10.3 Å². The van der Waals surface area contributed by atoms with Crippen LogP contribution in [0, 0.1) is 0 Å². The average molecular weight is 354 g/mol. The number of carboxylic acid groups (broad SMARTS) is 1. The van der Waals surface area contributed by atoms with Gasteiger partial charge in [-0.15, -0.1) is 0 Å². The van der Waals surface area contributed by atoms with Gasteiger partial charge in [0.2, 0.25) is 6.79 Å². The van der Waals surface area contributed by atoms with Crippen LogP contribution < -0.4 is 14.8 Å². The Labute approximate surface area is 150 Å². The lowest BCUT2D eigenvalue weighted by molar-refractivity contribution is 0.104. The molecule has 2 aliphatic rings. The number of nitrogens with zero attached hydrogens (tertiary/aromatic N) is 1. The molecule has 2 aromatic carbocycles. The second-order valence-electron chi connectivity index (χ2n) is 6.40. The minimum Gasteiger partial charge on any atom is -0.465 e. The Hall–Kier alpha value is -3.06. The number of amides is 1. The van der Waals surface area contributed by atoms with E-state index in [2.05, 4.69) is 10.3 Å². The summed E-state index contributed by atoms with van der Waals surface area (Å²) in [7, 11) is 0. The van der Waals surface area contributed by atoms with Crippen LogP contribution in [0.3, 0.4) is 0 Å². The molecular weight excluding hydrogens is 336 g/mol. The number of aliphatic imine (C=N–C) groups is 1. The molecule has 0 radical (unpaired) electrons. The zero-order valence-electron chi connectivity index (χ0n) is 14.2. The zero-order chi connectivity index (χ0) is 18.1. The lowest BCUT2D eigenvalue weighted by Gasteiger charge is -2.31. The molecule has 0 aromatic heterocycles. The van der Waals surface area contributed by atoms with Gasteiger partial charge in [0.1, 0.15) is 18.0 Å². The highest BCUT2D eigenvalue weighted by Crippen LogP contribution is 2.37. The van der Waals surface area contributed by atoms with Crippen molar-refractivity contribution in [2.45, 2.75) is 12.5 Å². The summed E-state index contributed by atoms with van der Waals surface area (Å²) >= 11 is 0. The fraction of sp³-hybridized carbons (Fsp3) is 0.263. The SMILES string of the molecule is CC1(c2cccc(-c3ccc4c(c3)OCO4)c2)COCC(NC(=O)O)=N1. The van der Waals surface area contributed by atoms with Crippen molar-refractivity contribution in [2.24, 2.45) is 4.99 Å². The summed E-state index contributed by atoms with van der Waals surface area (Å²) in [6.45, 7) is 2.70. The van der Waals surface area contributed by atoms with E-state index in [-0.39, 0.29) is 13.4 Å². The Morgan fingerprint density at radius 3 is 2.81 bits per heavy atom. The van der Waals surface area contributed by atoms with E-state index < -0.39 is 11.6 Å². The normalized spacial score (nSPS) is 21.2. The van der Waals surface area contributed by atoms with Crippen LogP contribution in [0.5, 0.6) is 11.5 Å². The fourth-order valence-corrected chi connectivity index (χ4v) is 3.15. The Morgan fingerprint density at radius 2 is 1.96 bits per heavy atom. The smallest absolute Gasteiger partial charge is 0.410 e. The number of hydrogen-bond donors (Lipinski definition) is 2. The first-order valence-electron chi connectivity index (χ1n) is 8.20. The fourth-order valence-electron chi connectivity index (χ4n) is 3.15. The summed E-state index contributed by atoms with van der Waals surface area (Å²) in [5.41, 5.74) is 2.29. The molecule has 1 unspecified atom stereocenters. The molecule has 0 saturated heterocycles. The third-order valence-electron chi connectivity index (χ3n) is 4.45. The molecule has 0 fully saturated rings. The van der Waals surface area contributed by atoms with Gasteiger partial charge in [-0.25, -0.2) is 4.79 Å². The molecule has 134 valence electrons. The van der Waals surface area contributed by atoms with Gasteiger partial charge in [-0.05, 0) is 41.8 Å². The molecule has 0 aliphatic carbocycles. The lowest BCUT2D eigenvalue weighted by atomic mass is 9.90. The van der Waals surface area contributed by atoms with Crippen LogP contribution in [-0.2, 0) is 10.3 Å². The molecule has 0 bridgehead atoms. The highest BCUT2D eigenvalue weighted by atomic mass is 16.7. The van der Waals surface area contributed by atoms with Crippen LogP contribution in [0.15, 0.2) is 47.5 Å². The van der Waals surface area contributed by atoms with E-state index in [1.807, 2.05) is 49.4 Å². The second-order valence-corrected chi connectivity index (χ2v) is 6.40. The van der Waals surface area contributed by atoms with Gasteiger partial charge in [0.05, 0.1) is 6.61 Å². The molecule has 4 rings (SSSR count). The number of fused-ring (bicyclic) bond motifs is 1. The summed E-state index contributed by atoms with van der Waals surface area (Å²) in [5.74, 6) is 1.78. The summed E-state index contributed by atoms with van der Waals surface area (Å²) in [6.07, 6.45) is -1.15. The van der Waals surface area contributed by atoms with Crippen molar-refractivity contribution in [3.63, 3.8) is 0 Å². The third kappa shape index (κ3) is 3.09. The van der Waals surface area contributed by atoms with Crippen molar-refractivity contribution in [1.82, 2.24) is 5.32 Å². The Bertz CT molecular complexity index is 895. The standard InChI is InChI=1S/C19H18N2O5/c1-19(10-24-9-17(21-19)20-18(22)23)14-4-2-3-12(7-14)13-5-6-15-16(8-13)26-11-25-15/h2-8H,9-11H2,1H3,(H,20,21)(H,22,23). The van der Waals surface area contributed by atoms with Crippen molar-refractivity contribution in [3.8, 4) is 22.6 Å². The number of hydrogen-bond acceptors (Lipinski definition) is 5. The zero-order valence-corrected chi connectivity index (χ0v) is 14.2. The summed E-state index contributed by atoms with van der Waals surface area (Å²) in [6, 6.07) is 13.8. The number of nitrogens with one attached hydrogen (secondary N) is 1. The third-order valence-corrected chi connectivity index (χ3v) is 4.45. The van der Waals surface area contributed by atoms with Crippen LogP contribution in [0.2, 0.25) is 0 Å². The lowest BCUT2D eigenvalue weighted by Crippen LogP contribution is -2.42. The van der Waals surface area contributed by atoms with Crippen molar-refractivity contribution in [1.29, 1.82) is 0 Å². The Kier molecular flexibility index (Phi) is 4.00. The molecule has 0 spiro atoms. The van der Waals surface area contributed by atoms with E-state index in [1.165, 1.54) is 0 Å². The van der Waals surface area contributed by atoms with E-state index >= 15 is 0 Å². The maximum atomic E-state index is 10.9. The molecule has 2 heterocycles. The van der Waals surface area contributed by atoms with Gasteiger partial charge in [0.15, 0.2) is 11.5 Å². The number of rotatable bonds is 2. The molecule has 7 heteroatoms. The first-order valence-corrected chi connectivity index (χ1v) is 8.20. The Morgan fingerprint density at radius 1 is 1.15 bits per heavy atom. The van der Waals surface area contributed by atoms with Crippen molar-refractivity contribution < 1.29 is 24.1 Å². The predicted molar refractivity (Wildman–Crippen MR) is 94.8 cm³/mol. The van der Waals surface area contributed by atoms with Crippen molar-refractivity contribution in [2.75, 3.05) is 20.0 Å². The Balaban J connectivity index is 1.68. The van der Waals surface area contributed by atoms with Gasteiger partial charge >= 0.3 is 6.09 Å². The van der Waals surface area contributed by atoms with Gasteiger partial charge in [0, 0.05) is 0 Å². The molecule has 2 aromatic rings. The first-order chi connectivity index (χ1) is 12.5. The van der Waals surface area contributed by atoms with Crippen LogP contribution in [0.1, 0.15) is 12.5 Å². The maximum absolute atomic E-state index is 10.9. The predicted octanol–water partition coefficient (Wildman–Crippen LogP) is 2.99. The van der Waals surface area contributed by atoms with E-state index in [9.17, 15) is 4.79 Å². The largest absolute Gasteiger partial charge is 0.465 e. The van der Waals surface area contributed by atoms with Gasteiger partial charge < -0.3 is 19.3 Å². The van der Waals surface area contributed by atoms with Crippen molar-refractivity contribution in [3.05, 3.63) is 48.0 Å². The molecule has 26 heavy (non-hydrogen) atoms. The summed E-state index contributed by atoms with van der Waals surface area (Å²) in [4.78, 5) is 15.4. The van der Waals surface area contributed by atoms with E-state index in [0.29, 0.717) is 12.4 Å². The van der Waals surface area contributed by atoms with Gasteiger partial charge in [-0.2, -0.15) is 0 Å². The minimum atomic E-state index is -1.15. The van der Waals surface area contributed by atoms with Crippen LogP contribution in [0.25, 0.3) is 11.1 Å².